The monoisotopic (exact) mass is 251 g/mol. The second-order valence-corrected chi connectivity index (χ2v) is 4.27. The number of carbonyl (C=O) groups excluding carboxylic acids is 1. The highest BCUT2D eigenvalue weighted by molar-refractivity contribution is 5.77. The Hall–Kier alpha value is -1.62. The molecule has 0 aliphatic heterocycles. The van der Waals surface area contributed by atoms with E-state index in [0.29, 0.717) is 18.0 Å². The number of pyridine rings is 1. The van der Waals surface area contributed by atoms with Crippen molar-refractivity contribution in [2.45, 2.75) is 39.8 Å². The topological polar surface area (TPSA) is 77.2 Å². The Morgan fingerprint density at radius 2 is 2.28 bits per heavy atom. The number of hydrogen-bond donors (Lipinski definition) is 2. The van der Waals surface area contributed by atoms with Crippen molar-refractivity contribution < 1.29 is 9.53 Å². The highest BCUT2D eigenvalue weighted by Crippen LogP contribution is 2.16. The lowest BCUT2D eigenvalue weighted by atomic mass is 10.2. The summed E-state index contributed by atoms with van der Waals surface area (Å²) < 4.78 is 5.44. The molecule has 1 aromatic heterocycles. The van der Waals surface area contributed by atoms with Crippen LogP contribution in [-0.4, -0.2) is 23.5 Å². The fourth-order valence-corrected chi connectivity index (χ4v) is 1.44. The number of rotatable bonds is 6. The zero-order valence-corrected chi connectivity index (χ0v) is 11.2. The molecule has 1 unspecified atom stereocenters. The van der Waals surface area contributed by atoms with Crippen LogP contribution in [0.2, 0.25) is 0 Å². The number of carbonyl (C=O) groups is 1. The van der Waals surface area contributed by atoms with Gasteiger partial charge in [0.15, 0.2) is 6.61 Å². The van der Waals surface area contributed by atoms with Gasteiger partial charge in [0.1, 0.15) is 5.75 Å². The lowest BCUT2D eigenvalue weighted by molar-refractivity contribution is -0.123. The van der Waals surface area contributed by atoms with Crippen molar-refractivity contribution in [3.8, 4) is 5.75 Å². The predicted molar refractivity (Wildman–Crippen MR) is 70.3 cm³/mol. The first-order chi connectivity index (χ1) is 8.56. The van der Waals surface area contributed by atoms with Gasteiger partial charge in [0.25, 0.3) is 5.91 Å². The van der Waals surface area contributed by atoms with Gasteiger partial charge in [-0.3, -0.25) is 9.78 Å². The number of aromatic nitrogens is 1. The molecule has 0 aromatic carbocycles. The predicted octanol–water partition coefficient (Wildman–Crippen LogP) is 1.14. The second kappa shape index (κ2) is 6.96. The van der Waals surface area contributed by atoms with Crippen LogP contribution < -0.4 is 15.8 Å². The molecule has 0 fully saturated rings. The molecule has 1 atom stereocenters. The van der Waals surface area contributed by atoms with Crippen LogP contribution in [0.15, 0.2) is 12.1 Å². The number of nitrogens with zero attached hydrogens (tertiary/aromatic N) is 1. The SMILES string of the molecule is CCC(C)NC(=O)COc1ccc(C)nc1CN. The molecule has 0 spiro atoms. The maximum atomic E-state index is 11.6. The quantitative estimate of drug-likeness (QED) is 0.795. The summed E-state index contributed by atoms with van der Waals surface area (Å²) in [4.78, 5) is 15.8. The van der Waals surface area contributed by atoms with E-state index in [9.17, 15) is 4.79 Å². The van der Waals surface area contributed by atoms with Crippen molar-refractivity contribution in [2.75, 3.05) is 6.61 Å². The Labute approximate surface area is 108 Å². The maximum Gasteiger partial charge on any atom is 0.258 e. The molecule has 3 N–H and O–H groups in total. The van der Waals surface area contributed by atoms with Crippen molar-refractivity contribution in [1.82, 2.24) is 10.3 Å². The van der Waals surface area contributed by atoms with Gasteiger partial charge in [-0.05, 0) is 32.4 Å². The molecule has 0 aliphatic rings. The average molecular weight is 251 g/mol. The molecule has 0 aliphatic carbocycles. The van der Waals surface area contributed by atoms with Crippen molar-refractivity contribution in [3.05, 3.63) is 23.5 Å². The van der Waals surface area contributed by atoms with E-state index < -0.39 is 0 Å². The first-order valence-corrected chi connectivity index (χ1v) is 6.15. The summed E-state index contributed by atoms with van der Waals surface area (Å²) in [5.41, 5.74) is 7.14. The van der Waals surface area contributed by atoms with Crippen LogP contribution in [-0.2, 0) is 11.3 Å². The normalized spacial score (nSPS) is 12.0. The number of aryl methyl sites for hydroxylation is 1. The molecule has 1 aromatic rings. The minimum Gasteiger partial charge on any atom is -0.482 e. The lowest BCUT2D eigenvalue weighted by Gasteiger charge is -2.13. The Bertz CT molecular complexity index is 407. The smallest absolute Gasteiger partial charge is 0.258 e. The Morgan fingerprint density at radius 3 is 2.89 bits per heavy atom. The van der Waals surface area contributed by atoms with Crippen LogP contribution in [0.25, 0.3) is 0 Å². The third-order valence-corrected chi connectivity index (χ3v) is 2.64. The minimum atomic E-state index is -0.132. The van der Waals surface area contributed by atoms with Crippen molar-refractivity contribution in [3.63, 3.8) is 0 Å². The summed E-state index contributed by atoms with van der Waals surface area (Å²) in [6.07, 6.45) is 0.895. The summed E-state index contributed by atoms with van der Waals surface area (Å²) in [6, 6.07) is 3.79. The van der Waals surface area contributed by atoms with Crippen LogP contribution in [0, 0.1) is 6.92 Å². The van der Waals surface area contributed by atoms with E-state index in [1.54, 1.807) is 6.07 Å². The van der Waals surface area contributed by atoms with Gasteiger partial charge in [-0.2, -0.15) is 0 Å². The average Bonchev–Trinajstić information content (AvgIpc) is 2.36. The molecular weight excluding hydrogens is 230 g/mol. The first-order valence-electron chi connectivity index (χ1n) is 6.15. The van der Waals surface area contributed by atoms with Gasteiger partial charge in [0, 0.05) is 18.3 Å². The van der Waals surface area contributed by atoms with Gasteiger partial charge < -0.3 is 15.8 Å². The maximum absolute atomic E-state index is 11.6. The van der Waals surface area contributed by atoms with Gasteiger partial charge in [-0.1, -0.05) is 6.92 Å². The summed E-state index contributed by atoms with van der Waals surface area (Å²) >= 11 is 0. The molecule has 5 nitrogen and oxygen atoms in total. The largest absolute Gasteiger partial charge is 0.482 e. The highest BCUT2D eigenvalue weighted by atomic mass is 16.5. The van der Waals surface area contributed by atoms with E-state index in [4.69, 9.17) is 10.5 Å². The molecule has 0 bridgehead atoms. The van der Waals surface area contributed by atoms with E-state index >= 15 is 0 Å². The van der Waals surface area contributed by atoms with Gasteiger partial charge in [0.05, 0.1) is 5.69 Å². The van der Waals surface area contributed by atoms with Crippen molar-refractivity contribution in [1.29, 1.82) is 0 Å². The summed E-state index contributed by atoms with van der Waals surface area (Å²) in [6.45, 7) is 6.14. The summed E-state index contributed by atoms with van der Waals surface area (Å²) in [7, 11) is 0. The Balaban J connectivity index is 2.55. The summed E-state index contributed by atoms with van der Waals surface area (Å²) in [5.74, 6) is 0.440. The Morgan fingerprint density at radius 1 is 1.56 bits per heavy atom. The lowest BCUT2D eigenvalue weighted by Crippen LogP contribution is -2.35. The van der Waals surface area contributed by atoms with Gasteiger partial charge in [-0.25, -0.2) is 0 Å². The number of ether oxygens (including phenoxy) is 1. The molecule has 1 amide bonds. The molecule has 1 heterocycles. The Kier molecular flexibility index (Phi) is 5.58. The second-order valence-electron chi connectivity index (χ2n) is 4.27. The van der Waals surface area contributed by atoms with Gasteiger partial charge >= 0.3 is 0 Å². The van der Waals surface area contributed by atoms with E-state index in [2.05, 4.69) is 10.3 Å². The van der Waals surface area contributed by atoms with Crippen molar-refractivity contribution in [2.24, 2.45) is 5.73 Å². The molecular formula is C13H21N3O2. The summed E-state index contributed by atoms with van der Waals surface area (Å²) in [5, 5.41) is 2.83. The fourth-order valence-electron chi connectivity index (χ4n) is 1.44. The molecule has 18 heavy (non-hydrogen) atoms. The third kappa shape index (κ3) is 4.33. The molecule has 0 saturated carbocycles. The van der Waals surface area contributed by atoms with Crippen LogP contribution >= 0.6 is 0 Å². The van der Waals surface area contributed by atoms with Gasteiger partial charge in [-0.15, -0.1) is 0 Å². The van der Waals surface area contributed by atoms with E-state index in [-0.39, 0.29) is 18.6 Å². The van der Waals surface area contributed by atoms with Crippen molar-refractivity contribution >= 4 is 5.91 Å². The van der Waals surface area contributed by atoms with Crippen LogP contribution in [0.1, 0.15) is 31.7 Å². The molecule has 5 heteroatoms. The molecule has 1 rings (SSSR count). The highest BCUT2D eigenvalue weighted by Gasteiger charge is 2.09. The standard InChI is InChI=1S/C13H21N3O2/c1-4-9(2)16-13(17)8-18-12-6-5-10(3)15-11(12)7-14/h5-6,9H,4,7-8,14H2,1-3H3,(H,16,17). The zero-order chi connectivity index (χ0) is 13.5. The fraction of sp³-hybridized carbons (Fsp3) is 0.538. The molecule has 0 saturated heterocycles. The number of amides is 1. The zero-order valence-electron chi connectivity index (χ0n) is 11.2. The van der Waals surface area contributed by atoms with Crippen LogP contribution in [0.4, 0.5) is 0 Å². The minimum absolute atomic E-state index is 0.0118. The third-order valence-electron chi connectivity index (χ3n) is 2.64. The van der Waals surface area contributed by atoms with E-state index in [1.807, 2.05) is 26.8 Å². The van der Waals surface area contributed by atoms with E-state index in [1.165, 1.54) is 0 Å². The number of hydrogen-bond acceptors (Lipinski definition) is 4. The van der Waals surface area contributed by atoms with Crippen LogP contribution in [0.5, 0.6) is 5.75 Å². The molecule has 100 valence electrons. The molecule has 0 radical (unpaired) electrons. The number of nitrogens with two attached hydrogens (primary N) is 1. The van der Waals surface area contributed by atoms with Crippen LogP contribution in [0.3, 0.4) is 0 Å². The van der Waals surface area contributed by atoms with Gasteiger partial charge in [0.2, 0.25) is 0 Å². The van der Waals surface area contributed by atoms with E-state index in [0.717, 1.165) is 12.1 Å². The number of nitrogens with one attached hydrogen (secondary N) is 1. The first kappa shape index (κ1) is 14.4.